The largest absolute Gasteiger partial charge is 0.361 e. The molecule has 0 atom stereocenters. The quantitative estimate of drug-likeness (QED) is 0.709. The highest BCUT2D eigenvalue weighted by atomic mass is 32.2. The second-order valence-electron chi connectivity index (χ2n) is 4.43. The molecule has 2 aromatic carbocycles. The maximum atomic E-state index is 12.4. The van der Waals surface area contributed by atoms with Gasteiger partial charge >= 0.3 is 0 Å². The molecule has 3 aromatic rings. The molecule has 1 aromatic heterocycles. The highest BCUT2D eigenvalue weighted by molar-refractivity contribution is 7.98. The van der Waals surface area contributed by atoms with E-state index in [1.54, 1.807) is 11.8 Å². The first-order valence-corrected chi connectivity index (χ1v) is 7.52. The number of hydrogen-bond acceptors (Lipinski definition) is 2. The summed E-state index contributed by atoms with van der Waals surface area (Å²) in [5.41, 5.74) is 2.45. The SMILES string of the molecule is CSc1ccc(NC(=O)c2cccc3[nH]ccc23)cc1. The van der Waals surface area contributed by atoms with E-state index < -0.39 is 0 Å². The molecule has 0 unspecified atom stereocenters. The van der Waals surface area contributed by atoms with E-state index in [0.717, 1.165) is 16.6 Å². The van der Waals surface area contributed by atoms with Crippen molar-refractivity contribution in [2.75, 3.05) is 11.6 Å². The highest BCUT2D eigenvalue weighted by Gasteiger charge is 2.10. The number of fused-ring (bicyclic) bond motifs is 1. The van der Waals surface area contributed by atoms with Crippen LogP contribution >= 0.6 is 11.8 Å². The molecule has 0 bridgehead atoms. The first kappa shape index (κ1) is 12.8. The zero-order chi connectivity index (χ0) is 13.9. The molecule has 0 fully saturated rings. The lowest BCUT2D eigenvalue weighted by atomic mass is 10.1. The Morgan fingerprint density at radius 2 is 1.90 bits per heavy atom. The van der Waals surface area contributed by atoms with Crippen LogP contribution in [0.5, 0.6) is 0 Å². The molecule has 1 heterocycles. The van der Waals surface area contributed by atoms with Gasteiger partial charge in [-0.3, -0.25) is 4.79 Å². The molecule has 100 valence electrons. The minimum atomic E-state index is -0.0906. The van der Waals surface area contributed by atoms with Gasteiger partial charge in [0.05, 0.1) is 0 Å². The lowest BCUT2D eigenvalue weighted by Gasteiger charge is -2.07. The number of aromatic amines is 1. The third-order valence-corrected chi connectivity index (χ3v) is 3.93. The van der Waals surface area contributed by atoms with E-state index in [0.29, 0.717) is 5.56 Å². The van der Waals surface area contributed by atoms with Gasteiger partial charge in [-0.05, 0) is 48.7 Å². The fourth-order valence-electron chi connectivity index (χ4n) is 2.16. The maximum Gasteiger partial charge on any atom is 0.256 e. The minimum Gasteiger partial charge on any atom is -0.361 e. The fourth-order valence-corrected chi connectivity index (χ4v) is 2.56. The molecule has 0 radical (unpaired) electrons. The summed E-state index contributed by atoms with van der Waals surface area (Å²) < 4.78 is 0. The number of carbonyl (C=O) groups excluding carboxylic acids is 1. The molecule has 3 nitrogen and oxygen atoms in total. The number of carbonyl (C=O) groups is 1. The van der Waals surface area contributed by atoms with Crippen molar-refractivity contribution in [3.05, 3.63) is 60.3 Å². The van der Waals surface area contributed by atoms with Crippen LogP contribution in [0.4, 0.5) is 5.69 Å². The van der Waals surface area contributed by atoms with E-state index in [2.05, 4.69) is 10.3 Å². The summed E-state index contributed by atoms with van der Waals surface area (Å²) in [4.78, 5) is 16.6. The third kappa shape index (κ3) is 2.42. The molecule has 0 saturated carbocycles. The van der Waals surface area contributed by atoms with Crippen molar-refractivity contribution in [1.29, 1.82) is 0 Å². The lowest BCUT2D eigenvalue weighted by molar-refractivity contribution is 0.102. The van der Waals surface area contributed by atoms with Crippen LogP contribution in [0, 0.1) is 0 Å². The van der Waals surface area contributed by atoms with Gasteiger partial charge in [-0.15, -0.1) is 11.8 Å². The van der Waals surface area contributed by atoms with Gasteiger partial charge in [0.2, 0.25) is 0 Å². The Kier molecular flexibility index (Phi) is 3.48. The van der Waals surface area contributed by atoms with Crippen molar-refractivity contribution in [3.63, 3.8) is 0 Å². The number of benzene rings is 2. The number of anilines is 1. The van der Waals surface area contributed by atoms with Gasteiger partial charge in [-0.1, -0.05) is 6.07 Å². The summed E-state index contributed by atoms with van der Waals surface area (Å²) in [6.07, 6.45) is 3.87. The molecule has 0 aliphatic carbocycles. The average molecular weight is 282 g/mol. The number of rotatable bonds is 3. The highest BCUT2D eigenvalue weighted by Crippen LogP contribution is 2.21. The Labute approximate surface area is 121 Å². The lowest BCUT2D eigenvalue weighted by Crippen LogP contribution is -2.11. The summed E-state index contributed by atoms with van der Waals surface area (Å²) in [6, 6.07) is 15.4. The summed E-state index contributed by atoms with van der Waals surface area (Å²) in [6.45, 7) is 0. The molecule has 0 saturated heterocycles. The van der Waals surface area contributed by atoms with E-state index >= 15 is 0 Å². The van der Waals surface area contributed by atoms with E-state index in [4.69, 9.17) is 0 Å². The second kappa shape index (κ2) is 5.43. The number of aromatic nitrogens is 1. The molecule has 20 heavy (non-hydrogen) atoms. The molecular weight excluding hydrogens is 268 g/mol. The average Bonchev–Trinajstić information content (AvgIpc) is 2.96. The van der Waals surface area contributed by atoms with Gasteiger partial charge in [-0.25, -0.2) is 0 Å². The molecule has 0 spiro atoms. The molecule has 4 heteroatoms. The van der Waals surface area contributed by atoms with Crippen LogP contribution in [0.25, 0.3) is 10.9 Å². The first-order valence-electron chi connectivity index (χ1n) is 6.29. The van der Waals surface area contributed by atoms with Gasteiger partial charge in [0.1, 0.15) is 0 Å². The zero-order valence-corrected chi connectivity index (χ0v) is 11.8. The van der Waals surface area contributed by atoms with Crippen LogP contribution in [0.15, 0.2) is 59.6 Å². The van der Waals surface area contributed by atoms with Crippen LogP contribution in [0.1, 0.15) is 10.4 Å². The smallest absolute Gasteiger partial charge is 0.256 e. The van der Waals surface area contributed by atoms with Crippen molar-refractivity contribution in [2.24, 2.45) is 0 Å². The van der Waals surface area contributed by atoms with E-state index in [1.807, 2.05) is 61.0 Å². The van der Waals surface area contributed by atoms with Crippen LogP contribution in [0.3, 0.4) is 0 Å². The summed E-state index contributed by atoms with van der Waals surface area (Å²) >= 11 is 1.68. The Hall–Kier alpha value is -2.20. The number of amides is 1. The van der Waals surface area contributed by atoms with Crippen molar-refractivity contribution < 1.29 is 4.79 Å². The van der Waals surface area contributed by atoms with Crippen molar-refractivity contribution in [3.8, 4) is 0 Å². The Balaban J connectivity index is 1.87. The van der Waals surface area contributed by atoms with Crippen LogP contribution in [-0.2, 0) is 0 Å². The summed E-state index contributed by atoms with van der Waals surface area (Å²) in [7, 11) is 0. The predicted octanol–water partition coefficient (Wildman–Crippen LogP) is 4.14. The number of hydrogen-bond donors (Lipinski definition) is 2. The zero-order valence-electron chi connectivity index (χ0n) is 11.0. The standard InChI is InChI=1S/C16H14N2OS/c1-20-12-7-5-11(6-8-12)18-16(19)14-3-2-4-15-13(14)9-10-17-15/h2-10,17H,1H3,(H,18,19). The Bertz CT molecular complexity index is 747. The first-order chi connectivity index (χ1) is 9.78. The van der Waals surface area contributed by atoms with Gasteiger partial charge in [0.25, 0.3) is 5.91 Å². The topological polar surface area (TPSA) is 44.9 Å². The number of nitrogens with one attached hydrogen (secondary N) is 2. The number of thioether (sulfide) groups is 1. The molecule has 0 aliphatic rings. The van der Waals surface area contributed by atoms with E-state index in [1.165, 1.54) is 4.90 Å². The molecule has 0 aliphatic heterocycles. The minimum absolute atomic E-state index is 0.0906. The van der Waals surface area contributed by atoms with Gasteiger partial charge in [0, 0.05) is 33.2 Å². The molecule has 1 amide bonds. The Morgan fingerprint density at radius 3 is 2.65 bits per heavy atom. The summed E-state index contributed by atoms with van der Waals surface area (Å²) in [5.74, 6) is -0.0906. The van der Waals surface area contributed by atoms with Crippen LogP contribution in [0.2, 0.25) is 0 Å². The van der Waals surface area contributed by atoms with Crippen LogP contribution in [-0.4, -0.2) is 17.1 Å². The molecule has 3 rings (SSSR count). The molecular formula is C16H14N2OS. The second-order valence-corrected chi connectivity index (χ2v) is 5.31. The maximum absolute atomic E-state index is 12.4. The van der Waals surface area contributed by atoms with Gasteiger partial charge in [-0.2, -0.15) is 0 Å². The summed E-state index contributed by atoms with van der Waals surface area (Å²) in [5, 5.41) is 3.87. The van der Waals surface area contributed by atoms with E-state index in [9.17, 15) is 4.79 Å². The van der Waals surface area contributed by atoms with Crippen molar-refractivity contribution in [1.82, 2.24) is 4.98 Å². The Morgan fingerprint density at radius 1 is 1.10 bits per heavy atom. The van der Waals surface area contributed by atoms with Gasteiger partial charge in [0.15, 0.2) is 0 Å². The monoisotopic (exact) mass is 282 g/mol. The fraction of sp³-hybridized carbons (Fsp3) is 0.0625. The predicted molar refractivity (Wildman–Crippen MR) is 84.5 cm³/mol. The molecule has 2 N–H and O–H groups in total. The van der Waals surface area contributed by atoms with Gasteiger partial charge < -0.3 is 10.3 Å². The van der Waals surface area contributed by atoms with Crippen molar-refractivity contribution >= 4 is 34.3 Å². The normalized spacial score (nSPS) is 10.7. The van der Waals surface area contributed by atoms with Crippen molar-refractivity contribution in [2.45, 2.75) is 4.90 Å². The number of H-pyrrole nitrogens is 1. The van der Waals surface area contributed by atoms with E-state index in [-0.39, 0.29) is 5.91 Å². The third-order valence-electron chi connectivity index (χ3n) is 3.19. The van der Waals surface area contributed by atoms with Crippen LogP contribution < -0.4 is 5.32 Å².